The molecule has 1 saturated heterocycles. The number of nitrogens with one attached hydrogen (secondary N) is 2. The first-order valence-electron chi connectivity index (χ1n) is 6.57. The van der Waals surface area contributed by atoms with Crippen LogP contribution in [0.25, 0.3) is 0 Å². The van der Waals surface area contributed by atoms with Crippen molar-refractivity contribution < 1.29 is 4.79 Å². The van der Waals surface area contributed by atoms with E-state index in [1.54, 1.807) is 11.3 Å². The van der Waals surface area contributed by atoms with E-state index in [0.717, 1.165) is 30.2 Å². The normalized spacial score (nSPS) is 18.8. The Morgan fingerprint density at radius 1 is 1.60 bits per heavy atom. The van der Waals surface area contributed by atoms with E-state index in [-0.39, 0.29) is 36.8 Å². The van der Waals surface area contributed by atoms with Gasteiger partial charge in [-0.25, -0.2) is 4.98 Å². The minimum atomic E-state index is 0. The van der Waals surface area contributed by atoms with E-state index in [9.17, 15) is 4.79 Å². The zero-order chi connectivity index (χ0) is 13.0. The highest BCUT2D eigenvalue weighted by molar-refractivity contribution is 7.09. The van der Waals surface area contributed by atoms with Gasteiger partial charge in [-0.2, -0.15) is 0 Å². The molecule has 2 rings (SSSR count). The lowest BCUT2D eigenvalue weighted by atomic mass is 10.0. The molecule has 0 saturated carbocycles. The summed E-state index contributed by atoms with van der Waals surface area (Å²) in [5, 5.41) is 9.40. The van der Waals surface area contributed by atoms with Crippen LogP contribution in [-0.4, -0.2) is 24.0 Å². The van der Waals surface area contributed by atoms with Gasteiger partial charge >= 0.3 is 0 Å². The summed E-state index contributed by atoms with van der Waals surface area (Å²) in [6.45, 7) is 6.13. The molecule has 1 aromatic heterocycles. The molecule has 2 atom stereocenters. The van der Waals surface area contributed by atoms with E-state index in [2.05, 4.69) is 15.6 Å². The van der Waals surface area contributed by atoms with Gasteiger partial charge in [0.2, 0.25) is 5.91 Å². The van der Waals surface area contributed by atoms with E-state index < -0.39 is 0 Å². The van der Waals surface area contributed by atoms with Crippen LogP contribution < -0.4 is 10.6 Å². The topological polar surface area (TPSA) is 54.0 Å². The largest absolute Gasteiger partial charge is 0.348 e. The van der Waals surface area contributed by atoms with Crippen molar-refractivity contribution in [1.82, 2.24) is 15.6 Å². The smallest absolute Gasteiger partial charge is 0.220 e. The monoisotopic (exact) mass is 339 g/mol. The molecule has 2 unspecified atom stereocenters. The Morgan fingerprint density at radius 3 is 2.90 bits per heavy atom. The quantitative estimate of drug-likeness (QED) is 0.867. The number of amides is 1. The van der Waals surface area contributed by atoms with Crippen LogP contribution in [0.2, 0.25) is 0 Å². The highest BCUT2D eigenvalue weighted by atomic mass is 35.5. The van der Waals surface area contributed by atoms with Crippen molar-refractivity contribution >= 4 is 42.1 Å². The molecule has 7 heteroatoms. The van der Waals surface area contributed by atoms with Crippen molar-refractivity contribution in [2.45, 2.75) is 39.2 Å². The number of rotatable bonds is 5. The lowest BCUT2D eigenvalue weighted by molar-refractivity contribution is -0.122. The number of halogens is 2. The van der Waals surface area contributed by atoms with Crippen LogP contribution in [-0.2, 0) is 4.79 Å². The van der Waals surface area contributed by atoms with Crippen molar-refractivity contribution in [3.05, 3.63) is 16.1 Å². The fraction of sp³-hybridized carbons (Fsp3) is 0.692. The maximum absolute atomic E-state index is 11.8. The first-order chi connectivity index (χ1) is 8.65. The first kappa shape index (κ1) is 19.6. The molecule has 1 amide bonds. The summed E-state index contributed by atoms with van der Waals surface area (Å²) in [5.74, 6) is 0.813. The Bertz CT molecular complexity index is 408. The Morgan fingerprint density at radius 2 is 2.35 bits per heavy atom. The predicted molar refractivity (Wildman–Crippen MR) is 88.1 cm³/mol. The van der Waals surface area contributed by atoms with Gasteiger partial charge in [0.25, 0.3) is 0 Å². The highest BCUT2D eigenvalue weighted by Crippen LogP contribution is 2.17. The average Bonchev–Trinajstić information content (AvgIpc) is 2.97. The summed E-state index contributed by atoms with van der Waals surface area (Å²) in [6, 6.07) is 0.0177. The summed E-state index contributed by atoms with van der Waals surface area (Å²) in [4.78, 5) is 16.2. The maximum atomic E-state index is 11.8. The van der Waals surface area contributed by atoms with Gasteiger partial charge in [0, 0.05) is 11.8 Å². The molecule has 2 heterocycles. The molecule has 1 aromatic rings. The van der Waals surface area contributed by atoms with Gasteiger partial charge < -0.3 is 10.6 Å². The van der Waals surface area contributed by atoms with Crippen molar-refractivity contribution in [2.75, 3.05) is 13.1 Å². The third-order valence-corrected chi connectivity index (χ3v) is 4.19. The van der Waals surface area contributed by atoms with E-state index in [1.165, 1.54) is 6.42 Å². The zero-order valence-electron chi connectivity index (χ0n) is 11.8. The van der Waals surface area contributed by atoms with Gasteiger partial charge in [0.05, 0.1) is 16.7 Å². The van der Waals surface area contributed by atoms with Crippen LogP contribution in [0.5, 0.6) is 0 Å². The average molecular weight is 340 g/mol. The molecule has 2 N–H and O–H groups in total. The Balaban J connectivity index is 0.00000180. The van der Waals surface area contributed by atoms with Gasteiger partial charge in [-0.1, -0.05) is 0 Å². The van der Waals surface area contributed by atoms with Crippen LogP contribution in [0.4, 0.5) is 0 Å². The molecule has 20 heavy (non-hydrogen) atoms. The predicted octanol–water partition coefficient (Wildman–Crippen LogP) is 2.86. The van der Waals surface area contributed by atoms with E-state index >= 15 is 0 Å². The molecular formula is C13H23Cl2N3OS. The minimum absolute atomic E-state index is 0. The van der Waals surface area contributed by atoms with Gasteiger partial charge in [0.1, 0.15) is 0 Å². The number of aryl methyl sites for hydroxylation is 1. The number of hydrogen-bond donors (Lipinski definition) is 2. The van der Waals surface area contributed by atoms with Crippen LogP contribution in [0.3, 0.4) is 0 Å². The molecule has 0 spiro atoms. The third kappa shape index (κ3) is 5.95. The van der Waals surface area contributed by atoms with Gasteiger partial charge in [-0.15, -0.1) is 36.2 Å². The van der Waals surface area contributed by atoms with Crippen LogP contribution >= 0.6 is 36.2 Å². The second kappa shape index (κ2) is 9.55. The van der Waals surface area contributed by atoms with Gasteiger partial charge in [0.15, 0.2) is 0 Å². The summed E-state index contributed by atoms with van der Waals surface area (Å²) in [7, 11) is 0. The van der Waals surface area contributed by atoms with Crippen molar-refractivity contribution in [1.29, 1.82) is 0 Å². The molecule has 1 aliphatic heterocycles. The van der Waals surface area contributed by atoms with E-state index in [0.29, 0.717) is 12.3 Å². The van der Waals surface area contributed by atoms with Gasteiger partial charge in [-0.3, -0.25) is 4.79 Å². The second-order valence-electron chi connectivity index (χ2n) is 4.98. The highest BCUT2D eigenvalue weighted by Gasteiger charge is 2.17. The summed E-state index contributed by atoms with van der Waals surface area (Å²) < 4.78 is 0. The SMILES string of the molecule is Cc1nc(C(C)NC(=O)CCC2CCNC2)cs1.Cl.Cl. The Labute approximate surface area is 137 Å². The number of nitrogens with zero attached hydrogens (tertiary/aromatic N) is 1. The lowest BCUT2D eigenvalue weighted by Crippen LogP contribution is -2.27. The number of thiazole rings is 1. The maximum Gasteiger partial charge on any atom is 0.220 e. The number of carbonyl (C=O) groups is 1. The molecule has 116 valence electrons. The molecule has 0 radical (unpaired) electrons. The Hall–Kier alpha value is -0.360. The standard InChI is InChI=1S/C13H21N3OS.2ClH/c1-9(12-8-18-10(2)16-12)15-13(17)4-3-11-5-6-14-7-11;;/h8-9,11,14H,3-7H2,1-2H3,(H,15,17);2*1H. The molecular weight excluding hydrogens is 317 g/mol. The molecule has 0 bridgehead atoms. The van der Waals surface area contributed by atoms with Crippen molar-refractivity contribution in [3.8, 4) is 0 Å². The molecule has 1 fully saturated rings. The number of aromatic nitrogens is 1. The fourth-order valence-corrected chi connectivity index (χ4v) is 2.97. The molecule has 4 nitrogen and oxygen atoms in total. The van der Waals surface area contributed by atoms with E-state index in [4.69, 9.17) is 0 Å². The van der Waals surface area contributed by atoms with Crippen molar-refractivity contribution in [2.24, 2.45) is 5.92 Å². The molecule has 1 aliphatic rings. The summed E-state index contributed by atoms with van der Waals surface area (Å²) >= 11 is 1.62. The van der Waals surface area contributed by atoms with Gasteiger partial charge in [-0.05, 0) is 45.7 Å². The summed E-state index contributed by atoms with van der Waals surface area (Å²) in [5.41, 5.74) is 0.966. The van der Waals surface area contributed by atoms with E-state index in [1.807, 2.05) is 19.2 Å². The van der Waals surface area contributed by atoms with Crippen LogP contribution in [0.15, 0.2) is 5.38 Å². The minimum Gasteiger partial charge on any atom is -0.348 e. The van der Waals surface area contributed by atoms with Crippen molar-refractivity contribution in [3.63, 3.8) is 0 Å². The lowest BCUT2D eigenvalue weighted by Gasteiger charge is -2.13. The van der Waals surface area contributed by atoms with Crippen LogP contribution in [0.1, 0.15) is 42.9 Å². The fourth-order valence-electron chi connectivity index (χ4n) is 2.26. The summed E-state index contributed by atoms with van der Waals surface area (Å²) in [6.07, 6.45) is 2.82. The number of carbonyl (C=O) groups excluding carboxylic acids is 1. The second-order valence-corrected chi connectivity index (χ2v) is 6.04. The molecule has 0 aliphatic carbocycles. The Kier molecular flexibility index (Phi) is 9.38. The van der Waals surface area contributed by atoms with Crippen LogP contribution in [0, 0.1) is 12.8 Å². The third-order valence-electron chi connectivity index (χ3n) is 3.40. The molecule has 0 aromatic carbocycles. The number of hydrogen-bond acceptors (Lipinski definition) is 4. The zero-order valence-corrected chi connectivity index (χ0v) is 14.3. The first-order valence-corrected chi connectivity index (χ1v) is 7.45.